The Balaban J connectivity index is 1.79. The van der Waals surface area contributed by atoms with Crippen LogP contribution in [0.1, 0.15) is 18.5 Å². The third-order valence-electron chi connectivity index (χ3n) is 4.85. The van der Waals surface area contributed by atoms with Gasteiger partial charge in [-0.15, -0.1) is 0 Å². The lowest BCUT2D eigenvalue weighted by Crippen LogP contribution is -2.52. The van der Waals surface area contributed by atoms with Crippen molar-refractivity contribution >= 4 is 0 Å². The molecule has 1 aromatic carbocycles. The van der Waals surface area contributed by atoms with E-state index in [9.17, 15) is 0 Å². The minimum atomic E-state index is 0.410. The van der Waals surface area contributed by atoms with Crippen molar-refractivity contribution < 1.29 is 9.47 Å². The van der Waals surface area contributed by atoms with Crippen LogP contribution in [0.3, 0.4) is 0 Å². The van der Waals surface area contributed by atoms with Crippen molar-refractivity contribution in [2.75, 3.05) is 59.6 Å². The van der Waals surface area contributed by atoms with Crippen molar-refractivity contribution in [1.82, 2.24) is 15.1 Å². The molecular weight excluding hydrogens is 290 g/mol. The average molecular weight is 319 g/mol. The van der Waals surface area contributed by atoms with E-state index in [1.807, 2.05) is 6.07 Å². The van der Waals surface area contributed by atoms with E-state index in [1.165, 1.54) is 5.56 Å². The molecule has 0 saturated carbocycles. The molecule has 5 heteroatoms. The van der Waals surface area contributed by atoms with E-state index < -0.39 is 0 Å². The van der Waals surface area contributed by atoms with Gasteiger partial charge in [0.05, 0.1) is 20.3 Å². The van der Waals surface area contributed by atoms with Crippen LogP contribution in [0.5, 0.6) is 5.75 Å². The summed E-state index contributed by atoms with van der Waals surface area (Å²) in [5.41, 5.74) is 1.35. The van der Waals surface area contributed by atoms with Crippen LogP contribution < -0.4 is 10.1 Å². The van der Waals surface area contributed by atoms with E-state index >= 15 is 0 Å². The summed E-state index contributed by atoms with van der Waals surface area (Å²) in [4.78, 5) is 5.14. The molecule has 2 aliphatic heterocycles. The van der Waals surface area contributed by atoms with Gasteiger partial charge in [-0.25, -0.2) is 0 Å². The Morgan fingerprint density at radius 2 is 2.13 bits per heavy atom. The zero-order chi connectivity index (χ0) is 16.1. The van der Waals surface area contributed by atoms with Gasteiger partial charge in [-0.3, -0.25) is 9.80 Å². The molecule has 1 N–H and O–H groups in total. The number of morpholine rings is 1. The van der Waals surface area contributed by atoms with Crippen LogP contribution in [0.2, 0.25) is 0 Å². The van der Waals surface area contributed by atoms with Crippen molar-refractivity contribution in [2.24, 2.45) is 0 Å². The van der Waals surface area contributed by atoms with Crippen LogP contribution in [-0.4, -0.2) is 75.4 Å². The molecule has 2 heterocycles. The maximum Gasteiger partial charge on any atom is 0.119 e. The van der Waals surface area contributed by atoms with Gasteiger partial charge < -0.3 is 14.8 Å². The van der Waals surface area contributed by atoms with Crippen LogP contribution in [-0.2, 0) is 4.74 Å². The summed E-state index contributed by atoms with van der Waals surface area (Å²) in [5.74, 6) is 0.942. The molecule has 0 radical (unpaired) electrons. The van der Waals surface area contributed by atoms with E-state index in [0.717, 1.165) is 58.2 Å². The summed E-state index contributed by atoms with van der Waals surface area (Å²) in [6.07, 6.45) is 0. The first-order chi connectivity index (χ1) is 11.3. The first kappa shape index (κ1) is 16.7. The number of nitrogens with one attached hydrogen (secondary N) is 1. The van der Waals surface area contributed by atoms with Crippen LogP contribution in [0.4, 0.5) is 0 Å². The Kier molecular flexibility index (Phi) is 5.89. The molecule has 1 aromatic rings. The lowest BCUT2D eigenvalue weighted by Gasteiger charge is -2.41. The quantitative estimate of drug-likeness (QED) is 0.887. The number of hydrogen-bond acceptors (Lipinski definition) is 5. The molecule has 0 aromatic heterocycles. The first-order valence-electron chi connectivity index (χ1n) is 8.68. The topological polar surface area (TPSA) is 37.0 Å². The first-order valence-corrected chi connectivity index (χ1v) is 8.68. The molecule has 2 aliphatic rings. The molecule has 23 heavy (non-hydrogen) atoms. The van der Waals surface area contributed by atoms with Crippen molar-refractivity contribution in [3.8, 4) is 5.75 Å². The summed E-state index contributed by atoms with van der Waals surface area (Å²) in [7, 11) is 1.74. The van der Waals surface area contributed by atoms with Crippen LogP contribution >= 0.6 is 0 Å². The predicted octanol–water partition coefficient (Wildman–Crippen LogP) is 1.36. The Hall–Kier alpha value is -1.14. The number of benzene rings is 1. The fourth-order valence-electron chi connectivity index (χ4n) is 3.55. The molecule has 2 saturated heterocycles. The Morgan fingerprint density at radius 1 is 1.30 bits per heavy atom. The molecule has 0 aliphatic carbocycles. The predicted molar refractivity (Wildman–Crippen MR) is 92.0 cm³/mol. The maximum absolute atomic E-state index is 5.50. The molecular formula is C18H29N3O2. The third kappa shape index (κ3) is 4.44. The van der Waals surface area contributed by atoms with E-state index in [0.29, 0.717) is 12.1 Å². The van der Waals surface area contributed by atoms with Gasteiger partial charge in [0.2, 0.25) is 0 Å². The average Bonchev–Trinajstić information content (AvgIpc) is 2.60. The fraction of sp³-hybridized carbons (Fsp3) is 0.667. The second kappa shape index (κ2) is 8.11. The van der Waals surface area contributed by atoms with E-state index in [2.05, 4.69) is 40.2 Å². The minimum Gasteiger partial charge on any atom is -0.497 e. The third-order valence-corrected chi connectivity index (χ3v) is 4.85. The zero-order valence-electron chi connectivity index (χ0n) is 14.3. The molecule has 128 valence electrons. The van der Waals surface area contributed by atoms with Gasteiger partial charge in [0, 0.05) is 51.4 Å². The van der Waals surface area contributed by atoms with Gasteiger partial charge in [-0.2, -0.15) is 0 Å². The van der Waals surface area contributed by atoms with Gasteiger partial charge in [0.15, 0.2) is 0 Å². The van der Waals surface area contributed by atoms with Crippen molar-refractivity contribution in [2.45, 2.75) is 19.0 Å². The Labute approximate surface area is 139 Å². The highest BCUT2D eigenvalue weighted by Crippen LogP contribution is 2.26. The maximum atomic E-state index is 5.50. The number of nitrogens with zero attached hydrogens (tertiary/aromatic N) is 2. The second-order valence-electron chi connectivity index (χ2n) is 6.56. The smallest absolute Gasteiger partial charge is 0.119 e. The molecule has 0 amide bonds. The summed E-state index contributed by atoms with van der Waals surface area (Å²) in [6.45, 7) is 10.3. The summed E-state index contributed by atoms with van der Waals surface area (Å²) < 4.78 is 10.9. The normalized spacial score (nSPS) is 25.2. The highest BCUT2D eigenvalue weighted by molar-refractivity contribution is 5.31. The van der Waals surface area contributed by atoms with Crippen molar-refractivity contribution in [3.63, 3.8) is 0 Å². The molecule has 3 rings (SSSR count). The molecule has 2 atom stereocenters. The number of methoxy groups -OCH3 is 1. The second-order valence-corrected chi connectivity index (χ2v) is 6.56. The Morgan fingerprint density at radius 3 is 2.87 bits per heavy atom. The number of hydrogen-bond donors (Lipinski definition) is 1. The summed E-state index contributed by atoms with van der Waals surface area (Å²) in [5, 5.41) is 3.54. The highest BCUT2D eigenvalue weighted by atomic mass is 16.5. The molecule has 2 unspecified atom stereocenters. The summed E-state index contributed by atoms with van der Waals surface area (Å²) >= 11 is 0. The van der Waals surface area contributed by atoms with Gasteiger partial charge in [-0.1, -0.05) is 12.1 Å². The Bertz CT molecular complexity index is 491. The number of piperazine rings is 1. The van der Waals surface area contributed by atoms with Gasteiger partial charge in [0.1, 0.15) is 5.75 Å². The lowest BCUT2D eigenvalue weighted by molar-refractivity contribution is 0.0187. The van der Waals surface area contributed by atoms with Crippen LogP contribution in [0.15, 0.2) is 24.3 Å². The lowest BCUT2D eigenvalue weighted by atomic mass is 10.0. The monoisotopic (exact) mass is 319 g/mol. The molecule has 5 nitrogen and oxygen atoms in total. The van der Waals surface area contributed by atoms with Crippen LogP contribution in [0.25, 0.3) is 0 Å². The van der Waals surface area contributed by atoms with Crippen molar-refractivity contribution in [3.05, 3.63) is 29.8 Å². The molecule has 0 spiro atoms. The van der Waals surface area contributed by atoms with Crippen LogP contribution in [0, 0.1) is 0 Å². The van der Waals surface area contributed by atoms with Gasteiger partial charge in [-0.05, 0) is 24.6 Å². The minimum absolute atomic E-state index is 0.410. The van der Waals surface area contributed by atoms with E-state index in [4.69, 9.17) is 9.47 Å². The number of ether oxygens (including phenoxy) is 2. The standard InChI is InChI=1S/C18H29N3O2/c1-15-13-21(7-6-19-15)18(14-20-8-10-23-11-9-20)16-4-3-5-17(12-16)22-2/h3-5,12,15,18-19H,6-11,13-14H2,1-2H3. The largest absolute Gasteiger partial charge is 0.497 e. The SMILES string of the molecule is COc1cccc(C(CN2CCOCC2)N2CCNC(C)C2)c1. The zero-order valence-corrected chi connectivity index (χ0v) is 14.3. The molecule has 2 fully saturated rings. The highest BCUT2D eigenvalue weighted by Gasteiger charge is 2.27. The summed E-state index contributed by atoms with van der Waals surface area (Å²) in [6, 6.07) is 9.51. The van der Waals surface area contributed by atoms with Gasteiger partial charge >= 0.3 is 0 Å². The fourth-order valence-corrected chi connectivity index (χ4v) is 3.55. The molecule has 0 bridgehead atoms. The van der Waals surface area contributed by atoms with E-state index in [1.54, 1.807) is 7.11 Å². The number of rotatable bonds is 5. The van der Waals surface area contributed by atoms with Gasteiger partial charge in [0.25, 0.3) is 0 Å². The van der Waals surface area contributed by atoms with E-state index in [-0.39, 0.29) is 0 Å². The van der Waals surface area contributed by atoms with Crippen molar-refractivity contribution in [1.29, 1.82) is 0 Å².